The van der Waals surface area contributed by atoms with E-state index in [1.807, 2.05) is 40.7 Å². The smallest absolute Gasteiger partial charge is 0.443 e. The highest BCUT2D eigenvalue weighted by molar-refractivity contribution is 6.62. The molecule has 1 aliphatic rings. The molecule has 148 valence electrons. The Kier molecular flexibility index (Phi) is 5.52. The average Bonchev–Trinajstić information content (AvgIpc) is 2.64. The number of amides is 2. The molecule has 1 heterocycles. The van der Waals surface area contributed by atoms with Gasteiger partial charge in [0.15, 0.2) is 0 Å². The Morgan fingerprint density at radius 2 is 1.56 bits per heavy atom. The van der Waals surface area contributed by atoms with Gasteiger partial charge in [0.25, 0.3) is 0 Å². The van der Waals surface area contributed by atoms with Crippen LogP contribution in [-0.4, -0.2) is 35.9 Å². The molecule has 2 amide bonds. The van der Waals surface area contributed by atoms with Crippen LogP contribution < -0.4 is 10.4 Å². The van der Waals surface area contributed by atoms with Crippen LogP contribution in [0.3, 0.4) is 0 Å². The fourth-order valence-electron chi connectivity index (χ4n) is 2.76. The van der Waals surface area contributed by atoms with Gasteiger partial charge in [-0.25, -0.2) is 9.69 Å². The standard InChI is InChI=1S/C20H30BNO5/c1-13-10-15(21-26-19(6,7)20(8,9)27-21)12-16(11-13)22(14(2)23)17(24)25-18(3,4)5/h10-12H,1-9H3. The third-order valence-electron chi connectivity index (χ3n) is 4.76. The van der Waals surface area contributed by atoms with Crippen LogP contribution in [0.1, 0.15) is 61.0 Å². The minimum Gasteiger partial charge on any atom is -0.443 e. The average molecular weight is 375 g/mol. The molecule has 1 saturated heterocycles. The van der Waals surface area contributed by atoms with Crippen molar-refractivity contribution in [1.29, 1.82) is 0 Å². The predicted octanol–water partition coefficient (Wildman–Crippen LogP) is 3.58. The molecule has 0 saturated carbocycles. The lowest BCUT2D eigenvalue weighted by molar-refractivity contribution is -0.116. The second-order valence-electron chi connectivity index (χ2n) is 9.02. The van der Waals surface area contributed by atoms with Gasteiger partial charge in [-0.3, -0.25) is 4.79 Å². The lowest BCUT2D eigenvalue weighted by atomic mass is 9.78. The minimum atomic E-state index is -0.708. The molecule has 0 radical (unpaired) electrons. The summed E-state index contributed by atoms with van der Waals surface area (Å²) in [5, 5.41) is 0. The molecule has 0 aromatic heterocycles. The Hall–Kier alpha value is -1.86. The number of anilines is 1. The Balaban J connectivity index is 2.41. The number of ether oxygens (including phenoxy) is 1. The molecule has 1 fully saturated rings. The molecule has 1 aromatic rings. The number of hydrogen-bond acceptors (Lipinski definition) is 5. The lowest BCUT2D eigenvalue weighted by Crippen LogP contribution is -2.41. The molecular formula is C20H30BNO5. The van der Waals surface area contributed by atoms with E-state index in [4.69, 9.17) is 14.0 Å². The molecule has 6 nitrogen and oxygen atoms in total. The number of carbonyl (C=O) groups is 2. The topological polar surface area (TPSA) is 65.1 Å². The molecule has 0 N–H and O–H groups in total. The van der Waals surface area contributed by atoms with Gasteiger partial charge in [0.2, 0.25) is 5.91 Å². The number of carbonyl (C=O) groups excluding carboxylic acids is 2. The summed E-state index contributed by atoms with van der Waals surface area (Å²) in [6, 6.07) is 5.43. The maximum absolute atomic E-state index is 12.6. The molecule has 1 aliphatic heterocycles. The predicted molar refractivity (Wildman–Crippen MR) is 106 cm³/mol. The van der Waals surface area contributed by atoms with Crippen LogP contribution in [0.15, 0.2) is 18.2 Å². The largest absolute Gasteiger partial charge is 0.494 e. The van der Waals surface area contributed by atoms with Gasteiger partial charge in [-0.05, 0) is 78.5 Å². The number of aryl methyl sites for hydroxylation is 1. The Morgan fingerprint density at radius 1 is 1.04 bits per heavy atom. The summed E-state index contributed by atoms with van der Waals surface area (Å²) in [6.45, 7) is 16.4. The Labute approximate surface area is 162 Å². The molecule has 0 spiro atoms. The molecule has 1 aromatic carbocycles. The highest BCUT2D eigenvalue weighted by atomic mass is 16.7. The summed E-state index contributed by atoms with van der Waals surface area (Å²) < 4.78 is 17.6. The summed E-state index contributed by atoms with van der Waals surface area (Å²) in [5.41, 5.74) is 0.398. The molecular weight excluding hydrogens is 345 g/mol. The first-order valence-corrected chi connectivity index (χ1v) is 9.14. The van der Waals surface area contributed by atoms with Gasteiger partial charge in [0.1, 0.15) is 5.60 Å². The number of hydrogen-bond donors (Lipinski definition) is 0. The van der Waals surface area contributed by atoms with E-state index in [0.717, 1.165) is 15.9 Å². The molecule has 0 unspecified atom stereocenters. The van der Waals surface area contributed by atoms with Crippen LogP contribution in [-0.2, 0) is 18.8 Å². The second kappa shape index (κ2) is 6.95. The van der Waals surface area contributed by atoms with Gasteiger partial charge in [-0.2, -0.15) is 0 Å². The fourth-order valence-corrected chi connectivity index (χ4v) is 2.76. The zero-order valence-corrected chi connectivity index (χ0v) is 17.8. The van der Waals surface area contributed by atoms with E-state index in [9.17, 15) is 9.59 Å². The van der Waals surface area contributed by atoms with Crippen molar-refractivity contribution in [2.24, 2.45) is 0 Å². The zero-order chi connectivity index (χ0) is 20.8. The molecule has 0 atom stereocenters. The summed E-state index contributed by atoms with van der Waals surface area (Å²) in [4.78, 5) is 25.8. The van der Waals surface area contributed by atoms with Crippen LogP contribution in [0.4, 0.5) is 10.5 Å². The molecule has 0 bridgehead atoms. The Bertz CT molecular complexity index is 735. The van der Waals surface area contributed by atoms with Crippen molar-refractivity contribution in [3.8, 4) is 0 Å². The van der Waals surface area contributed by atoms with Crippen LogP contribution in [0.5, 0.6) is 0 Å². The second-order valence-corrected chi connectivity index (χ2v) is 9.02. The number of benzene rings is 1. The van der Waals surface area contributed by atoms with Crippen molar-refractivity contribution in [2.75, 3.05) is 4.90 Å². The number of nitrogens with zero attached hydrogens (tertiary/aromatic N) is 1. The Morgan fingerprint density at radius 3 is 2.00 bits per heavy atom. The lowest BCUT2D eigenvalue weighted by Gasteiger charge is -2.32. The van der Waals surface area contributed by atoms with E-state index in [1.54, 1.807) is 32.9 Å². The van der Waals surface area contributed by atoms with Crippen molar-refractivity contribution in [3.63, 3.8) is 0 Å². The normalized spacial score (nSPS) is 18.3. The van der Waals surface area contributed by atoms with Crippen molar-refractivity contribution < 1.29 is 23.6 Å². The van der Waals surface area contributed by atoms with Crippen LogP contribution in [0, 0.1) is 6.92 Å². The quantitative estimate of drug-likeness (QED) is 0.740. The van der Waals surface area contributed by atoms with Crippen LogP contribution >= 0.6 is 0 Å². The SMILES string of the molecule is CC(=O)N(C(=O)OC(C)(C)C)c1cc(C)cc(B2OC(C)(C)C(C)(C)O2)c1. The zero-order valence-electron chi connectivity index (χ0n) is 17.8. The highest BCUT2D eigenvalue weighted by Crippen LogP contribution is 2.36. The van der Waals surface area contributed by atoms with E-state index in [2.05, 4.69) is 0 Å². The van der Waals surface area contributed by atoms with Crippen molar-refractivity contribution >= 4 is 30.3 Å². The highest BCUT2D eigenvalue weighted by Gasteiger charge is 2.51. The van der Waals surface area contributed by atoms with Gasteiger partial charge in [-0.1, -0.05) is 6.07 Å². The maximum atomic E-state index is 12.6. The van der Waals surface area contributed by atoms with E-state index in [-0.39, 0.29) is 0 Å². The third-order valence-corrected chi connectivity index (χ3v) is 4.76. The molecule has 2 rings (SSSR count). The van der Waals surface area contributed by atoms with Crippen molar-refractivity contribution in [1.82, 2.24) is 0 Å². The summed E-state index contributed by atoms with van der Waals surface area (Å²) in [6.07, 6.45) is -0.708. The van der Waals surface area contributed by atoms with Gasteiger partial charge < -0.3 is 14.0 Å². The molecule has 27 heavy (non-hydrogen) atoms. The summed E-state index contributed by atoms with van der Waals surface area (Å²) >= 11 is 0. The van der Waals surface area contributed by atoms with E-state index >= 15 is 0 Å². The minimum absolute atomic E-state index is 0.422. The van der Waals surface area contributed by atoms with Crippen molar-refractivity contribution in [2.45, 2.75) is 79.1 Å². The summed E-state index contributed by atoms with van der Waals surface area (Å²) in [5.74, 6) is -0.422. The third kappa shape index (κ3) is 4.71. The maximum Gasteiger partial charge on any atom is 0.494 e. The van der Waals surface area contributed by atoms with Gasteiger partial charge >= 0.3 is 13.2 Å². The first-order chi connectivity index (χ1) is 12.1. The number of imide groups is 1. The first kappa shape index (κ1) is 21.4. The number of rotatable bonds is 2. The fraction of sp³-hybridized carbons (Fsp3) is 0.600. The van der Waals surface area contributed by atoms with Crippen molar-refractivity contribution in [3.05, 3.63) is 23.8 Å². The van der Waals surface area contributed by atoms with Crippen LogP contribution in [0.25, 0.3) is 0 Å². The van der Waals surface area contributed by atoms with E-state index < -0.39 is 35.9 Å². The monoisotopic (exact) mass is 375 g/mol. The van der Waals surface area contributed by atoms with E-state index in [1.165, 1.54) is 6.92 Å². The molecule has 0 aliphatic carbocycles. The van der Waals surface area contributed by atoms with Gasteiger partial charge in [0, 0.05) is 6.92 Å². The van der Waals surface area contributed by atoms with Gasteiger partial charge in [-0.15, -0.1) is 0 Å². The molecule has 7 heteroatoms. The first-order valence-electron chi connectivity index (χ1n) is 9.14. The van der Waals surface area contributed by atoms with Gasteiger partial charge in [0.05, 0.1) is 16.9 Å². The van der Waals surface area contributed by atoms with E-state index in [0.29, 0.717) is 5.69 Å². The van der Waals surface area contributed by atoms with Crippen LogP contribution in [0.2, 0.25) is 0 Å². The summed E-state index contributed by atoms with van der Waals surface area (Å²) in [7, 11) is -0.582.